The lowest BCUT2D eigenvalue weighted by atomic mass is 9.92. The summed E-state index contributed by atoms with van der Waals surface area (Å²) in [5.74, 6) is 0.385. The number of aromatic nitrogens is 2. The fourth-order valence-electron chi connectivity index (χ4n) is 5.03. The third-order valence-electron chi connectivity index (χ3n) is 6.66. The molecule has 1 saturated carbocycles. The molecule has 1 fully saturated rings. The second kappa shape index (κ2) is 8.23. The van der Waals surface area contributed by atoms with Crippen LogP contribution in [0.4, 0.5) is 4.39 Å². The second-order valence-electron chi connectivity index (χ2n) is 8.41. The van der Waals surface area contributed by atoms with E-state index >= 15 is 0 Å². The lowest BCUT2D eigenvalue weighted by Crippen LogP contribution is -2.39. The Balaban J connectivity index is 1.46. The van der Waals surface area contributed by atoms with Gasteiger partial charge in [-0.25, -0.2) is 9.37 Å². The molecule has 1 aliphatic carbocycles. The zero-order chi connectivity index (χ0) is 20.5. The molecule has 5 heteroatoms. The van der Waals surface area contributed by atoms with Crippen LogP contribution in [-0.2, 0) is 0 Å². The Morgan fingerprint density at radius 1 is 1.10 bits per heavy atom. The van der Waals surface area contributed by atoms with Crippen molar-refractivity contribution in [2.45, 2.75) is 44.6 Å². The Bertz CT molecular complexity index is 1080. The highest BCUT2D eigenvalue weighted by Crippen LogP contribution is 2.37. The molecule has 2 aromatic heterocycles. The molecule has 1 N–H and O–H groups in total. The molecule has 156 valence electrons. The minimum absolute atomic E-state index is 0.274. The molecule has 0 saturated heterocycles. The topological polar surface area (TPSA) is 41.1 Å². The summed E-state index contributed by atoms with van der Waals surface area (Å²) in [4.78, 5) is 10.7. The summed E-state index contributed by atoms with van der Waals surface area (Å²) in [6.45, 7) is 2.14. The van der Waals surface area contributed by atoms with Gasteiger partial charge in [0.2, 0.25) is 0 Å². The van der Waals surface area contributed by atoms with Gasteiger partial charge in [0.15, 0.2) is 0 Å². The quantitative estimate of drug-likeness (QED) is 0.596. The maximum Gasteiger partial charge on any atom is 0.138 e. The van der Waals surface area contributed by atoms with Crippen LogP contribution in [0.5, 0.6) is 5.75 Å². The Morgan fingerprint density at radius 2 is 1.97 bits per heavy atom. The van der Waals surface area contributed by atoms with E-state index < -0.39 is 0 Å². The van der Waals surface area contributed by atoms with Crippen molar-refractivity contribution < 1.29 is 9.13 Å². The number of nitrogens with one attached hydrogen (secondary N) is 1. The Hall–Kier alpha value is -2.66. The van der Waals surface area contributed by atoms with Crippen LogP contribution < -0.4 is 4.74 Å². The smallest absolute Gasteiger partial charge is 0.138 e. The third kappa shape index (κ3) is 3.63. The number of pyridine rings is 1. The van der Waals surface area contributed by atoms with Gasteiger partial charge in [-0.15, -0.1) is 0 Å². The molecule has 0 radical (unpaired) electrons. The van der Waals surface area contributed by atoms with Gasteiger partial charge in [-0.3, -0.25) is 4.90 Å². The highest BCUT2D eigenvalue weighted by molar-refractivity contribution is 5.96. The number of nitrogens with zero attached hydrogens (tertiary/aromatic N) is 2. The molecule has 4 nitrogen and oxygen atoms in total. The molecule has 0 unspecified atom stereocenters. The number of rotatable bonds is 4. The van der Waals surface area contributed by atoms with Crippen molar-refractivity contribution in [3.8, 4) is 16.9 Å². The minimum Gasteiger partial charge on any atom is -0.496 e. The molecule has 30 heavy (non-hydrogen) atoms. The van der Waals surface area contributed by atoms with Gasteiger partial charge >= 0.3 is 0 Å². The number of hydrogen-bond acceptors (Lipinski definition) is 3. The van der Waals surface area contributed by atoms with E-state index in [1.165, 1.54) is 49.8 Å². The lowest BCUT2D eigenvalue weighted by molar-refractivity contribution is 0.171. The van der Waals surface area contributed by atoms with E-state index in [9.17, 15) is 4.39 Å². The standard InChI is InChI=1S/C25H28FN3O/c1-30-24-8-7-18(26)15-21(24)20-9-12-27-25-22(20)16-23(28-25)17-10-13-29(14-11-17)19-5-3-2-4-6-19/h7-10,12,15-16,19H,2-6,11,13-14H2,1H3,(H,27,28). The molecular weight excluding hydrogens is 377 g/mol. The molecule has 0 bridgehead atoms. The largest absolute Gasteiger partial charge is 0.496 e. The first-order valence-electron chi connectivity index (χ1n) is 11.0. The van der Waals surface area contributed by atoms with Gasteiger partial charge in [0.25, 0.3) is 0 Å². The van der Waals surface area contributed by atoms with Crippen LogP contribution in [0.1, 0.15) is 44.2 Å². The van der Waals surface area contributed by atoms with Gasteiger partial charge in [0.1, 0.15) is 17.2 Å². The summed E-state index contributed by atoms with van der Waals surface area (Å²) in [5.41, 5.74) is 4.96. The van der Waals surface area contributed by atoms with Crippen LogP contribution >= 0.6 is 0 Å². The molecule has 1 aliphatic heterocycles. The minimum atomic E-state index is -0.274. The van der Waals surface area contributed by atoms with Crippen LogP contribution in [0, 0.1) is 5.82 Å². The van der Waals surface area contributed by atoms with Gasteiger partial charge in [0.05, 0.1) is 7.11 Å². The molecule has 3 aromatic rings. The second-order valence-corrected chi connectivity index (χ2v) is 8.41. The number of benzene rings is 1. The zero-order valence-corrected chi connectivity index (χ0v) is 17.5. The maximum absolute atomic E-state index is 14.0. The predicted molar refractivity (Wildman–Crippen MR) is 119 cm³/mol. The zero-order valence-electron chi connectivity index (χ0n) is 17.5. The van der Waals surface area contributed by atoms with Crippen molar-refractivity contribution in [2.75, 3.05) is 20.2 Å². The van der Waals surface area contributed by atoms with Gasteiger partial charge in [-0.05, 0) is 60.7 Å². The number of aromatic amines is 1. The highest BCUT2D eigenvalue weighted by Gasteiger charge is 2.23. The first-order chi connectivity index (χ1) is 14.7. The molecule has 1 aromatic carbocycles. The third-order valence-corrected chi connectivity index (χ3v) is 6.66. The van der Waals surface area contributed by atoms with Crippen molar-refractivity contribution in [3.05, 3.63) is 54.1 Å². The molecule has 0 spiro atoms. The predicted octanol–water partition coefficient (Wildman–Crippen LogP) is 5.80. The Morgan fingerprint density at radius 3 is 2.73 bits per heavy atom. The average Bonchev–Trinajstić information content (AvgIpc) is 3.24. The van der Waals surface area contributed by atoms with Gasteiger partial charge in [-0.2, -0.15) is 0 Å². The van der Waals surface area contributed by atoms with Crippen LogP contribution in [0.2, 0.25) is 0 Å². The summed E-state index contributed by atoms with van der Waals surface area (Å²) in [7, 11) is 1.61. The summed E-state index contributed by atoms with van der Waals surface area (Å²) in [6.07, 6.45) is 12.0. The highest BCUT2D eigenvalue weighted by atomic mass is 19.1. The van der Waals surface area contributed by atoms with Crippen LogP contribution in [0.3, 0.4) is 0 Å². The normalized spacial score (nSPS) is 18.5. The summed E-state index contributed by atoms with van der Waals surface area (Å²) in [6, 6.07) is 9.47. The van der Waals surface area contributed by atoms with Crippen molar-refractivity contribution in [1.82, 2.24) is 14.9 Å². The van der Waals surface area contributed by atoms with E-state index in [4.69, 9.17) is 4.74 Å². The van der Waals surface area contributed by atoms with E-state index in [1.54, 1.807) is 19.4 Å². The summed E-state index contributed by atoms with van der Waals surface area (Å²) >= 11 is 0. The number of hydrogen-bond donors (Lipinski definition) is 1. The van der Waals surface area contributed by atoms with Crippen molar-refractivity contribution in [2.24, 2.45) is 0 Å². The number of ether oxygens (including phenoxy) is 1. The SMILES string of the molecule is COc1ccc(F)cc1-c1ccnc2[nH]c(C3=CCN(C4CCCCC4)CC3)cc12. The molecule has 3 heterocycles. The molecule has 0 atom stereocenters. The number of methoxy groups -OCH3 is 1. The van der Waals surface area contributed by atoms with E-state index in [2.05, 4.69) is 27.0 Å². The number of halogens is 1. The van der Waals surface area contributed by atoms with E-state index in [-0.39, 0.29) is 5.82 Å². The number of H-pyrrole nitrogens is 1. The van der Waals surface area contributed by atoms with Crippen molar-refractivity contribution >= 4 is 16.6 Å². The fourth-order valence-corrected chi connectivity index (χ4v) is 5.03. The summed E-state index contributed by atoms with van der Waals surface area (Å²) in [5, 5.41) is 0.993. The molecule has 0 amide bonds. The van der Waals surface area contributed by atoms with Crippen LogP contribution in [0.25, 0.3) is 27.7 Å². The van der Waals surface area contributed by atoms with Crippen LogP contribution in [0.15, 0.2) is 42.6 Å². The van der Waals surface area contributed by atoms with E-state index in [1.807, 2.05) is 6.07 Å². The molecular formula is C25H28FN3O. The number of fused-ring (bicyclic) bond motifs is 1. The monoisotopic (exact) mass is 405 g/mol. The van der Waals surface area contributed by atoms with E-state index in [0.717, 1.165) is 53.4 Å². The average molecular weight is 406 g/mol. The van der Waals surface area contributed by atoms with Gasteiger partial charge < -0.3 is 9.72 Å². The maximum atomic E-state index is 14.0. The van der Waals surface area contributed by atoms with Crippen molar-refractivity contribution in [1.29, 1.82) is 0 Å². The Labute approximate surface area is 176 Å². The molecule has 5 rings (SSSR count). The first kappa shape index (κ1) is 19.3. The fraction of sp³-hybridized carbons (Fsp3) is 0.400. The van der Waals surface area contributed by atoms with Crippen LogP contribution in [-0.4, -0.2) is 41.1 Å². The lowest BCUT2D eigenvalue weighted by Gasteiger charge is -2.36. The van der Waals surface area contributed by atoms with E-state index in [0.29, 0.717) is 5.75 Å². The van der Waals surface area contributed by atoms with Crippen molar-refractivity contribution in [3.63, 3.8) is 0 Å². The Kier molecular flexibility index (Phi) is 5.30. The molecule has 2 aliphatic rings. The summed E-state index contributed by atoms with van der Waals surface area (Å²) < 4.78 is 19.4. The van der Waals surface area contributed by atoms with Gasteiger partial charge in [0, 0.05) is 42.0 Å². The first-order valence-corrected chi connectivity index (χ1v) is 11.0. The van der Waals surface area contributed by atoms with Gasteiger partial charge in [-0.1, -0.05) is 25.3 Å².